The number of allylic oxidation sites excluding steroid dienone is 2. The molecule has 0 spiro atoms. The van der Waals surface area contributed by atoms with Crippen LogP contribution in [0.25, 0.3) is 0 Å². The van der Waals surface area contributed by atoms with E-state index < -0.39 is 0 Å². The number of nitrogens with zero attached hydrogens (tertiary/aromatic N) is 2. The summed E-state index contributed by atoms with van der Waals surface area (Å²) in [5, 5.41) is 14.6. The Balaban J connectivity index is 1.56. The summed E-state index contributed by atoms with van der Waals surface area (Å²) < 4.78 is 5.59. The molecule has 1 aromatic carbocycles. The van der Waals surface area contributed by atoms with Gasteiger partial charge in [-0.1, -0.05) is 42.4 Å². The molecule has 2 atom stereocenters. The summed E-state index contributed by atoms with van der Waals surface area (Å²) in [4.78, 5) is 30.3. The van der Waals surface area contributed by atoms with E-state index in [0.717, 1.165) is 12.0 Å². The number of aryl methyl sites for hydroxylation is 1. The van der Waals surface area contributed by atoms with Crippen LogP contribution >= 0.6 is 0 Å². The summed E-state index contributed by atoms with van der Waals surface area (Å²) in [6, 6.07) is 10.1. The van der Waals surface area contributed by atoms with Gasteiger partial charge in [0, 0.05) is 37.4 Å². The molecule has 1 aromatic heterocycles. The lowest BCUT2D eigenvalue weighted by Gasteiger charge is -2.20. The van der Waals surface area contributed by atoms with Crippen LogP contribution in [0.2, 0.25) is 0 Å². The number of hydrogen-bond acceptors (Lipinski definition) is 6. The van der Waals surface area contributed by atoms with Gasteiger partial charge in [-0.15, -0.1) is 0 Å². The molecule has 2 aliphatic carbocycles. The first kappa shape index (κ1) is 22.2. The van der Waals surface area contributed by atoms with Gasteiger partial charge in [0.25, 0.3) is 0 Å². The molecule has 0 saturated heterocycles. The van der Waals surface area contributed by atoms with E-state index in [1.54, 1.807) is 0 Å². The van der Waals surface area contributed by atoms with Crippen LogP contribution in [0.15, 0.2) is 51.2 Å². The molecule has 1 N–H and O–H groups in total. The molecule has 4 rings (SSSR count). The van der Waals surface area contributed by atoms with Crippen molar-refractivity contribution in [2.45, 2.75) is 77.2 Å². The van der Waals surface area contributed by atoms with Gasteiger partial charge in [0.2, 0.25) is 0 Å². The highest BCUT2D eigenvalue weighted by Gasteiger charge is 2.33. The van der Waals surface area contributed by atoms with Crippen LogP contribution in [-0.2, 0) is 17.6 Å². The third-order valence-corrected chi connectivity index (χ3v) is 6.49. The number of carbonyl (C=O) groups is 2. The molecular formula is C26H30N2O4. The summed E-state index contributed by atoms with van der Waals surface area (Å²) in [6.07, 6.45) is 4.39. The van der Waals surface area contributed by atoms with E-state index in [1.807, 2.05) is 44.2 Å². The average molecular weight is 435 g/mol. The second kappa shape index (κ2) is 9.63. The number of aliphatic hydroxyl groups is 1. The van der Waals surface area contributed by atoms with Gasteiger partial charge < -0.3 is 9.63 Å². The lowest BCUT2D eigenvalue weighted by atomic mass is 9.81. The molecule has 2 unspecified atom stereocenters. The van der Waals surface area contributed by atoms with Gasteiger partial charge in [0.15, 0.2) is 11.6 Å². The number of fused-ring (bicyclic) bond motifs is 1. The van der Waals surface area contributed by atoms with E-state index >= 15 is 0 Å². The average Bonchev–Trinajstić information content (AvgIpc) is 3.21. The zero-order valence-electron chi connectivity index (χ0n) is 18.8. The first-order valence-electron chi connectivity index (χ1n) is 11.6. The van der Waals surface area contributed by atoms with Gasteiger partial charge in [0.05, 0.1) is 16.8 Å². The Morgan fingerprint density at radius 2 is 1.97 bits per heavy atom. The maximum atomic E-state index is 13.0. The second-order valence-corrected chi connectivity index (χ2v) is 8.80. The second-order valence-electron chi connectivity index (χ2n) is 8.80. The fourth-order valence-corrected chi connectivity index (χ4v) is 4.57. The molecule has 6 nitrogen and oxygen atoms in total. The number of ketones is 2. The number of aromatic nitrogens is 1. The van der Waals surface area contributed by atoms with Gasteiger partial charge in [-0.25, -0.2) is 0 Å². The van der Waals surface area contributed by atoms with Gasteiger partial charge in [-0.05, 0) is 44.1 Å². The van der Waals surface area contributed by atoms with Crippen LogP contribution < -0.4 is 0 Å². The Kier molecular flexibility index (Phi) is 6.68. The van der Waals surface area contributed by atoms with Crippen molar-refractivity contribution >= 4 is 17.3 Å². The summed E-state index contributed by atoms with van der Waals surface area (Å²) in [7, 11) is 0. The number of rotatable bonds is 7. The first-order valence-corrected chi connectivity index (χ1v) is 11.6. The highest BCUT2D eigenvalue weighted by Crippen LogP contribution is 2.35. The zero-order chi connectivity index (χ0) is 22.7. The van der Waals surface area contributed by atoms with Crippen molar-refractivity contribution in [3.63, 3.8) is 0 Å². The summed E-state index contributed by atoms with van der Waals surface area (Å²) >= 11 is 0. The van der Waals surface area contributed by atoms with Crippen molar-refractivity contribution in [2.24, 2.45) is 4.99 Å². The van der Waals surface area contributed by atoms with Crippen LogP contribution in [0.4, 0.5) is 0 Å². The smallest absolute Gasteiger partial charge is 0.168 e. The molecule has 168 valence electrons. The lowest BCUT2D eigenvalue weighted by Crippen LogP contribution is -2.22. The predicted octanol–water partition coefficient (Wildman–Crippen LogP) is 5.32. The lowest BCUT2D eigenvalue weighted by molar-refractivity contribution is -0.115. The van der Waals surface area contributed by atoms with E-state index in [9.17, 15) is 14.7 Å². The molecule has 0 aliphatic heterocycles. The van der Waals surface area contributed by atoms with Crippen LogP contribution in [-0.4, -0.2) is 33.6 Å². The molecular weight excluding hydrogens is 404 g/mol. The zero-order valence-corrected chi connectivity index (χ0v) is 18.8. The SMILES string of the molecule is CCC(C)N=C(CCc1noc2c1C(=O)CC(c1ccccc1)C2)C1=C(O)CCCC1=O. The maximum absolute atomic E-state index is 13.0. The van der Waals surface area contributed by atoms with Crippen molar-refractivity contribution < 1.29 is 19.2 Å². The quantitative estimate of drug-likeness (QED) is 0.595. The molecule has 1 heterocycles. The Morgan fingerprint density at radius 1 is 1.19 bits per heavy atom. The Hall–Kier alpha value is -3.02. The molecule has 6 heteroatoms. The van der Waals surface area contributed by atoms with Gasteiger partial charge in [-0.2, -0.15) is 0 Å². The molecule has 2 aliphatic rings. The number of benzene rings is 1. The molecule has 0 bridgehead atoms. The van der Waals surface area contributed by atoms with E-state index in [1.165, 1.54) is 0 Å². The number of hydrogen-bond donors (Lipinski definition) is 1. The van der Waals surface area contributed by atoms with Gasteiger partial charge in [-0.3, -0.25) is 14.6 Å². The third-order valence-electron chi connectivity index (χ3n) is 6.49. The van der Waals surface area contributed by atoms with Crippen molar-refractivity contribution in [3.8, 4) is 0 Å². The number of carbonyl (C=O) groups excluding carboxylic acids is 2. The van der Waals surface area contributed by atoms with E-state index in [0.29, 0.717) is 73.2 Å². The minimum atomic E-state index is -0.0558. The van der Waals surface area contributed by atoms with Gasteiger partial charge >= 0.3 is 0 Å². The molecule has 2 aromatic rings. The monoisotopic (exact) mass is 434 g/mol. The van der Waals surface area contributed by atoms with Crippen molar-refractivity contribution in [1.82, 2.24) is 5.16 Å². The van der Waals surface area contributed by atoms with Crippen molar-refractivity contribution in [1.29, 1.82) is 0 Å². The van der Waals surface area contributed by atoms with Crippen molar-refractivity contribution in [2.75, 3.05) is 0 Å². The molecule has 0 saturated carbocycles. The topological polar surface area (TPSA) is 92.8 Å². The van der Waals surface area contributed by atoms with E-state index in [-0.39, 0.29) is 29.3 Å². The van der Waals surface area contributed by atoms with Crippen LogP contribution in [0, 0.1) is 0 Å². The Morgan fingerprint density at radius 3 is 2.69 bits per heavy atom. The summed E-state index contributed by atoms with van der Waals surface area (Å²) in [6.45, 7) is 4.04. The minimum Gasteiger partial charge on any atom is -0.511 e. The van der Waals surface area contributed by atoms with Gasteiger partial charge in [0.1, 0.15) is 11.5 Å². The summed E-state index contributed by atoms with van der Waals surface area (Å²) in [5.41, 5.74) is 3.32. The third kappa shape index (κ3) is 4.59. The first-order chi connectivity index (χ1) is 15.5. The molecule has 0 radical (unpaired) electrons. The van der Waals surface area contributed by atoms with Crippen LogP contribution in [0.3, 0.4) is 0 Å². The Bertz CT molecular complexity index is 1060. The Labute approximate surface area is 188 Å². The fraction of sp³-hybridized carbons (Fsp3) is 0.462. The number of aliphatic imine (C=N–C) groups is 1. The molecule has 0 amide bonds. The standard InChI is InChI=1S/C26H30N2O4/c1-3-16(2)27-19(25-21(29)10-7-11-22(25)30)12-13-20-26-23(31)14-18(15-24(26)32-28-20)17-8-5-4-6-9-17/h4-6,8-9,16,18,29H,3,7,10-15H2,1-2H3. The maximum Gasteiger partial charge on any atom is 0.168 e. The number of aliphatic hydroxyl groups excluding tert-OH is 1. The van der Waals surface area contributed by atoms with Crippen LogP contribution in [0.5, 0.6) is 0 Å². The number of Topliss-reactive ketones (excluding diaryl/α,β-unsaturated/α-hetero) is 2. The van der Waals surface area contributed by atoms with Crippen LogP contribution in [0.1, 0.15) is 85.7 Å². The predicted molar refractivity (Wildman–Crippen MR) is 122 cm³/mol. The van der Waals surface area contributed by atoms with Crippen molar-refractivity contribution in [3.05, 3.63) is 64.2 Å². The molecule has 32 heavy (non-hydrogen) atoms. The normalized spacial score (nSPS) is 20.4. The highest BCUT2D eigenvalue weighted by molar-refractivity contribution is 6.23. The van der Waals surface area contributed by atoms with E-state index in [4.69, 9.17) is 9.52 Å². The largest absolute Gasteiger partial charge is 0.511 e. The van der Waals surface area contributed by atoms with E-state index in [2.05, 4.69) is 5.16 Å². The highest BCUT2D eigenvalue weighted by atomic mass is 16.5. The summed E-state index contributed by atoms with van der Waals surface area (Å²) in [5.74, 6) is 0.863. The fourth-order valence-electron chi connectivity index (χ4n) is 4.57. The minimum absolute atomic E-state index is 0.0412. The molecule has 0 fully saturated rings.